The van der Waals surface area contributed by atoms with Gasteiger partial charge in [0.15, 0.2) is 6.10 Å². The van der Waals surface area contributed by atoms with E-state index in [1.165, 1.54) is 154 Å². The molecule has 0 aliphatic rings. The molecule has 0 unspecified atom stereocenters. The van der Waals surface area contributed by atoms with Crippen LogP contribution < -0.4 is 0 Å². The van der Waals surface area contributed by atoms with E-state index in [1.54, 1.807) is 0 Å². The zero-order valence-electron chi connectivity index (χ0n) is 37.6. The Balaban J connectivity index is 4.33. The highest BCUT2D eigenvalue weighted by Crippen LogP contribution is 2.17. The van der Waals surface area contributed by atoms with Crippen LogP contribution in [0.5, 0.6) is 0 Å². The second-order valence-corrected chi connectivity index (χ2v) is 17.7. The van der Waals surface area contributed by atoms with Gasteiger partial charge >= 0.3 is 17.9 Å². The number of rotatable bonds is 43. The fourth-order valence-electron chi connectivity index (χ4n) is 7.28. The number of carbonyl (C=O) groups excluding carboxylic acids is 3. The Kier molecular flexibility index (Phi) is 40.8. The van der Waals surface area contributed by atoms with Crippen molar-refractivity contribution in [2.24, 2.45) is 11.8 Å². The lowest BCUT2D eigenvalue weighted by atomic mass is 10.0. The largest absolute Gasteiger partial charge is 0.462 e. The summed E-state index contributed by atoms with van der Waals surface area (Å²) in [6, 6.07) is 0. The normalized spacial score (nSPS) is 12.1. The lowest BCUT2D eigenvalue weighted by Crippen LogP contribution is -2.30. The van der Waals surface area contributed by atoms with Crippen LogP contribution in [0.1, 0.15) is 266 Å². The van der Waals surface area contributed by atoms with Crippen LogP contribution in [-0.2, 0) is 28.6 Å². The second kappa shape index (κ2) is 42.0. The molecule has 0 saturated carbocycles. The fourth-order valence-corrected chi connectivity index (χ4v) is 7.28. The maximum atomic E-state index is 12.7. The van der Waals surface area contributed by atoms with Crippen LogP contribution in [0.4, 0.5) is 0 Å². The van der Waals surface area contributed by atoms with E-state index in [4.69, 9.17) is 14.2 Å². The van der Waals surface area contributed by atoms with Crippen molar-refractivity contribution in [2.75, 3.05) is 13.2 Å². The molecule has 6 nitrogen and oxygen atoms in total. The van der Waals surface area contributed by atoms with Crippen LogP contribution in [0, 0.1) is 11.8 Å². The molecule has 0 N–H and O–H groups in total. The van der Waals surface area contributed by atoms with Crippen molar-refractivity contribution in [1.82, 2.24) is 0 Å². The van der Waals surface area contributed by atoms with Crippen molar-refractivity contribution in [3.05, 3.63) is 0 Å². The van der Waals surface area contributed by atoms with Crippen molar-refractivity contribution in [3.63, 3.8) is 0 Å². The van der Waals surface area contributed by atoms with Crippen LogP contribution in [-0.4, -0.2) is 37.2 Å². The summed E-state index contributed by atoms with van der Waals surface area (Å²) in [6.45, 7) is 11.3. The molecule has 326 valence electrons. The standard InChI is InChI=1S/C49H94O6/c1-6-7-8-9-10-11-12-13-14-18-24-29-34-39-47(50)53-42-46(43-54-48(51)40-35-30-25-21-20-23-28-33-38-45(4)5)55-49(52)41-36-31-26-19-16-15-17-22-27-32-37-44(2)3/h44-46H,6-43H2,1-5H3/t46-/m0/s1. The van der Waals surface area contributed by atoms with E-state index in [2.05, 4.69) is 34.6 Å². The maximum Gasteiger partial charge on any atom is 0.306 e. The zero-order chi connectivity index (χ0) is 40.5. The number of hydrogen-bond donors (Lipinski definition) is 0. The molecule has 0 radical (unpaired) electrons. The molecular formula is C49H94O6. The first-order valence-electron chi connectivity index (χ1n) is 24.2. The summed E-state index contributed by atoms with van der Waals surface area (Å²) in [7, 11) is 0. The first-order chi connectivity index (χ1) is 26.7. The van der Waals surface area contributed by atoms with Gasteiger partial charge in [0.25, 0.3) is 0 Å². The molecule has 0 aromatic heterocycles. The van der Waals surface area contributed by atoms with E-state index in [9.17, 15) is 14.4 Å². The van der Waals surface area contributed by atoms with E-state index in [0.29, 0.717) is 19.3 Å². The highest BCUT2D eigenvalue weighted by atomic mass is 16.6. The SMILES string of the molecule is CCCCCCCCCCCCCCCC(=O)OC[C@@H](COC(=O)CCCCCCCCCCC(C)C)OC(=O)CCCCCCCCCCCCC(C)C. The van der Waals surface area contributed by atoms with Gasteiger partial charge in [-0.05, 0) is 31.1 Å². The molecule has 0 aliphatic heterocycles. The summed E-state index contributed by atoms with van der Waals surface area (Å²) in [5.74, 6) is 0.758. The van der Waals surface area contributed by atoms with Gasteiger partial charge in [0, 0.05) is 19.3 Å². The maximum absolute atomic E-state index is 12.7. The number of carbonyl (C=O) groups is 3. The highest BCUT2D eigenvalue weighted by molar-refractivity contribution is 5.71. The molecule has 6 heteroatoms. The molecular weight excluding hydrogens is 685 g/mol. The summed E-state index contributed by atoms with van der Waals surface area (Å²) < 4.78 is 16.8. The average molecular weight is 779 g/mol. The number of unbranched alkanes of at least 4 members (excludes halogenated alkanes) is 28. The van der Waals surface area contributed by atoms with Crippen molar-refractivity contribution in [3.8, 4) is 0 Å². The van der Waals surface area contributed by atoms with Gasteiger partial charge in [0.1, 0.15) is 13.2 Å². The lowest BCUT2D eigenvalue weighted by Gasteiger charge is -2.18. The minimum absolute atomic E-state index is 0.0645. The molecule has 0 aliphatic carbocycles. The van der Waals surface area contributed by atoms with Crippen molar-refractivity contribution in [1.29, 1.82) is 0 Å². The molecule has 0 bridgehead atoms. The van der Waals surface area contributed by atoms with E-state index in [0.717, 1.165) is 69.6 Å². The Hall–Kier alpha value is -1.59. The zero-order valence-corrected chi connectivity index (χ0v) is 37.6. The molecule has 0 aromatic rings. The Morgan fingerprint density at radius 2 is 0.600 bits per heavy atom. The third kappa shape index (κ3) is 43.4. The summed E-state index contributed by atoms with van der Waals surface area (Å²) in [5, 5.41) is 0. The number of ether oxygens (including phenoxy) is 3. The van der Waals surface area contributed by atoms with Gasteiger partial charge in [-0.25, -0.2) is 0 Å². The number of esters is 3. The van der Waals surface area contributed by atoms with Crippen molar-refractivity contribution >= 4 is 17.9 Å². The monoisotopic (exact) mass is 779 g/mol. The van der Waals surface area contributed by atoms with Gasteiger partial charge in [0.05, 0.1) is 0 Å². The molecule has 0 heterocycles. The number of hydrogen-bond acceptors (Lipinski definition) is 6. The summed E-state index contributed by atoms with van der Waals surface area (Å²) >= 11 is 0. The van der Waals surface area contributed by atoms with Crippen LogP contribution in [0.3, 0.4) is 0 Å². The Labute approximate surface area is 342 Å². The quantitative estimate of drug-likeness (QED) is 0.0348. The highest BCUT2D eigenvalue weighted by Gasteiger charge is 2.19. The van der Waals surface area contributed by atoms with Crippen LogP contribution in [0.25, 0.3) is 0 Å². The smallest absolute Gasteiger partial charge is 0.306 e. The summed E-state index contributed by atoms with van der Waals surface area (Å²) in [4.78, 5) is 37.8. The Morgan fingerprint density at radius 1 is 0.345 bits per heavy atom. The van der Waals surface area contributed by atoms with Gasteiger partial charge < -0.3 is 14.2 Å². The van der Waals surface area contributed by atoms with Crippen LogP contribution >= 0.6 is 0 Å². The molecule has 0 aromatic carbocycles. The molecule has 0 spiro atoms. The van der Waals surface area contributed by atoms with E-state index >= 15 is 0 Å². The molecule has 0 fully saturated rings. The lowest BCUT2D eigenvalue weighted by molar-refractivity contribution is -0.167. The van der Waals surface area contributed by atoms with Gasteiger partial charge in [-0.2, -0.15) is 0 Å². The van der Waals surface area contributed by atoms with Gasteiger partial charge in [0.2, 0.25) is 0 Å². The predicted molar refractivity (Wildman–Crippen MR) is 233 cm³/mol. The molecule has 0 amide bonds. The van der Waals surface area contributed by atoms with Crippen LogP contribution in [0.15, 0.2) is 0 Å². The van der Waals surface area contributed by atoms with E-state index in [1.807, 2.05) is 0 Å². The Morgan fingerprint density at radius 3 is 0.891 bits per heavy atom. The third-order valence-electron chi connectivity index (χ3n) is 11.0. The Bertz CT molecular complexity index is 839. The third-order valence-corrected chi connectivity index (χ3v) is 11.0. The topological polar surface area (TPSA) is 78.9 Å². The first-order valence-corrected chi connectivity index (χ1v) is 24.2. The predicted octanol–water partition coefficient (Wildman–Crippen LogP) is 15.4. The van der Waals surface area contributed by atoms with Gasteiger partial charge in [-0.1, -0.05) is 227 Å². The minimum Gasteiger partial charge on any atom is -0.462 e. The van der Waals surface area contributed by atoms with Gasteiger partial charge in [-0.15, -0.1) is 0 Å². The molecule has 55 heavy (non-hydrogen) atoms. The van der Waals surface area contributed by atoms with Crippen molar-refractivity contribution in [2.45, 2.75) is 272 Å². The van der Waals surface area contributed by atoms with Crippen molar-refractivity contribution < 1.29 is 28.6 Å². The second-order valence-electron chi connectivity index (χ2n) is 17.7. The summed E-state index contributed by atoms with van der Waals surface area (Å²) in [5.41, 5.74) is 0. The van der Waals surface area contributed by atoms with Gasteiger partial charge in [-0.3, -0.25) is 14.4 Å². The summed E-state index contributed by atoms with van der Waals surface area (Å²) in [6.07, 6.45) is 40.9. The molecule has 1 atom stereocenters. The van der Waals surface area contributed by atoms with Crippen LogP contribution in [0.2, 0.25) is 0 Å². The first kappa shape index (κ1) is 53.4. The molecule has 0 saturated heterocycles. The minimum atomic E-state index is -0.761. The average Bonchev–Trinajstić information content (AvgIpc) is 3.15. The molecule has 0 rings (SSSR count). The van der Waals surface area contributed by atoms with E-state index in [-0.39, 0.29) is 31.1 Å². The fraction of sp³-hybridized carbons (Fsp3) is 0.939. The van der Waals surface area contributed by atoms with E-state index < -0.39 is 6.10 Å².